The highest BCUT2D eigenvalue weighted by Gasteiger charge is 2.20. The lowest BCUT2D eigenvalue weighted by Gasteiger charge is -2.15. The van der Waals surface area contributed by atoms with Crippen molar-refractivity contribution in [2.45, 2.75) is 4.90 Å². The minimum Gasteiger partial charge on any atom is -0.478 e. The van der Waals surface area contributed by atoms with E-state index in [-0.39, 0.29) is 33.2 Å². The van der Waals surface area contributed by atoms with Crippen LogP contribution in [0.5, 0.6) is 11.5 Å². The molecular formula is C22H15NO11S. The average Bonchev–Trinajstić information content (AvgIpc) is 2.79. The van der Waals surface area contributed by atoms with Crippen LogP contribution in [0.3, 0.4) is 0 Å². The number of ether oxygens (including phenoxy) is 1. The van der Waals surface area contributed by atoms with Crippen LogP contribution < -0.4 is 9.46 Å². The fraction of sp³-hybridized carbons (Fsp3) is 0. The van der Waals surface area contributed by atoms with Crippen LogP contribution >= 0.6 is 0 Å². The molecule has 12 nitrogen and oxygen atoms in total. The Morgan fingerprint density at radius 3 is 1.60 bits per heavy atom. The van der Waals surface area contributed by atoms with Crippen molar-refractivity contribution in [1.82, 2.24) is 0 Å². The summed E-state index contributed by atoms with van der Waals surface area (Å²) in [5.74, 6) is -6.06. The number of hydrogen-bond donors (Lipinski definition) is 5. The Hall–Kier alpha value is -4.91. The topological polar surface area (TPSA) is 205 Å². The Labute approximate surface area is 196 Å². The van der Waals surface area contributed by atoms with Crippen molar-refractivity contribution in [3.05, 3.63) is 82.9 Å². The summed E-state index contributed by atoms with van der Waals surface area (Å²) in [6.45, 7) is 0. The van der Waals surface area contributed by atoms with Gasteiger partial charge in [0.25, 0.3) is 10.0 Å². The molecule has 0 aliphatic carbocycles. The van der Waals surface area contributed by atoms with Gasteiger partial charge in [-0.3, -0.25) is 4.72 Å². The lowest BCUT2D eigenvalue weighted by molar-refractivity contribution is 0.0680. The highest BCUT2D eigenvalue weighted by molar-refractivity contribution is 7.92. The molecule has 0 heterocycles. The van der Waals surface area contributed by atoms with Crippen molar-refractivity contribution in [3.8, 4) is 11.5 Å². The molecule has 0 unspecified atom stereocenters. The zero-order valence-corrected chi connectivity index (χ0v) is 18.1. The summed E-state index contributed by atoms with van der Waals surface area (Å²) < 4.78 is 33.4. The second-order valence-corrected chi connectivity index (χ2v) is 8.59. The molecule has 180 valence electrons. The molecule has 0 saturated heterocycles. The second kappa shape index (κ2) is 9.52. The van der Waals surface area contributed by atoms with E-state index >= 15 is 0 Å². The Kier molecular flexibility index (Phi) is 6.73. The van der Waals surface area contributed by atoms with Gasteiger partial charge < -0.3 is 25.2 Å². The summed E-state index contributed by atoms with van der Waals surface area (Å²) >= 11 is 0. The van der Waals surface area contributed by atoms with Crippen molar-refractivity contribution in [2.24, 2.45) is 0 Å². The van der Waals surface area contributed by atoms with Crippen molar-refractivity contribution in [1.29, 1.82) is 0 Å². The number of benzene rings is 3. The van der Waals surface area contributed by atoms with E-state index in [2.05, 4.69) is 4.72 Å². The molecule has 0 aromatic heterocycles. The average molecular weight is 501 g/mol. The zero-order valence-electron chi connectivity index (χ0n) is 17.3. The molecule has 0 aliphatic heterocycles. The Bertz CT molecular complexity index is 1430. The molecule has 0 bridgehead atoms. The van der Waals surface area contributed by atoms with Gasteiger partial charge in [-0.2, -0.15) is 0 Å². The normalized spacial score (nSPS) is 10.9. The van der Waals surface area contributed by atoms with Crippen molar-refractivity contribution in [2.75, 3.05) is 4.72 Å². The maximum absolute atomic E-state index is 12.8. The lowest BCUT2D eigenvalue weighted by atomic mass is 10.1. The first-order valence-electron chi connectivity index (χ1n) is 9.40. The lowest BCUT2D eigenvalue weighted by Crippen LogP contribution is -2.14. The van der Waals surface area contributed by atoms with Crippen LogP contribution in [-0.4, -0.2) is 52.7 Å². The molecule has 35 heavy (non-hydrogen) atoms. The number of aromatic carboxylic acids is 4. The van der Waals surface area contributed by atoms with Crippen LogP contribution in [0.15, 0.2) is 65.6 Å². The molecule has 0 saturated carbocycles. The van der Waals surface area contributed by atoms with E-state index in [0.29, 0.717) is 0 Å². The summed E-state index contributed by atoms with van der Waals surface area (Å²) in [5, 5.41) is 36.7. The molecular weight excluding hydrogens is 486 g/mol. The zero-order chi connectivity index (χ0) is 25.9. The molecule has 3 aromatic carbocycles. The first-order valence-corrected chi connectivity index (χ1v) is 10.9. The van der Waals surface area contributed by atoms with Crippen LogP contribution in [0.1, 0.15) is 41.4 Å². The van der Waals surface area contributed by atoms with Crippen LogP contribution in [0.2, 0.25) is 0 Å². The van der Waals surface area contributed by atoms with Crippen molar-refractivity contribution >= 4 is 39.6 Å². The second-order valence-electron chi connectivity index (χ2n) is 6.91. The number of rotatable bonds is 9. The van der Waals surface area contributed by atoms with Crippen LogP contribution in [0.4, 0.5) is 5.69 Å². The van der Waals surface area contributed by atoms with Crippen molar-refractivity contribution in [3.63, 3.8) is 0 Å². The van der Waals surface area contributed by atoms with Crippen LogP contribution in [0.25, 0.3) is 0 Å². The van der Waals surface area contributed by atoms with E-state index in [1.807, 2.05) is 0 Å². The van der Waals surface area contributed by atoms with E-state index in [1.54, 1.807) is 0 Å². The maximum Gasteiger partial charge on any atom is 0.335 e. The standard InChI is InChI=1S/C22H15NO11S/c24-19(25)11-1-4-16(5-2-11)35(32,33)23-17-10-12(20(26)27)3-6-18(17)34-15-8-13(21(28)29)7-14(9-15)22(30)31/h1-10,23H,(H,24,25)(H,26,27)(H,28,29)(H,30,31). The maximum atomic E-state index is 12.8. The number of carboxylic acid groups (broad SMARTS) is 4. The number of hydrogen-bond acceptors (Lipinski definition) is 7. The molecule has 3 rings (SSSR count). The number of carbonyl (C=O) groups is 4. The largest absolute Gasteiger partial charge is 0.478 e. The first-order chi connectivity index (χ1) is 16.4. The van der Waals surface area contributed by atoms with Gasteiger partial charge >= 0.3 is 23.9 Å². The van der Waals surface area contributed by atoms with E-state index in [0.717, 1.165) is 60.7 Å². The van der Waals surface area contributed by atoms with Gasteiger partial charge in [-0.25, -0.2) is 27.6 Å². The molecule has 3 aromatic rings. The molecule has 0 radical (unpaired) electrons. The Morgan fingerprint density at radius 1 is 0.629 bits per heavy atom. The first kappa shape index (κ1) is 24.7. The highest BCUT2D eigenvalue weighted by atomic mass is 32.2. The Morgan fingerprint density at radius 2 is 1.11 bits per heavy atom. The van der Waals surface area contributed by atoms with E-state index in [9.17, 15) is 42.9 Å². The van der Waals surface area contributed by atoms with Gasteiger partial charge in [0.05, 0.1) is 32.8 Å². The minimum absolute atomic E-state index is 0.159. The summed E-state index contributed by atoms with van der Waals surface area (Å²) in [7, 11) is -4.36. The van der Waals surface area contributed by atoms with Crippen molar-refractivity contribution < 1.29 is 52.8 Å². The molecule has 0 atom stereocenters. The third kappa shape index (κ3) is 5.72. The minimum atomic E-state index is -4.36. The summed E-state index contributed by atoms with van der Waals surface area (Å²) in [6, 6.07) is 10.2. The molecule has 13 heteroatoms. The SMILES string of the molecule is O=C(O)c1ccc(S(=O)(=O)Nc2cc(C(=O)O)ccc2Oc2cc(C(=O)O)cc(C(=O)O)c2)cc1. The molecule has 0 fully saturated rings. The van der Waals surface area contributed by atoms with Gasteiger partial charge in [-0.15, -0.1) is 0 Å². The fourth-order valence-electron chi connectivity index (χ4n) is 2.84. The predicted molar refractivity (Wildman–Crippen MR) is 118 cm³/mol. The number of nitrogens with one attached hydrogen (secondary N) is 1. The van der Waals surface area contributed by atoms with Crippen LogP contribution in [0, 0.1) is 0 Å². The quantitative estimate of drug-likeness (QED) is 0.288. The van der Waals surface area contributed by atoms with Crippen LogP contribution in [-0.2, 0) is 10.0 Å². The smallest absolute Gasteiger partial charge is 0.335 e. The summed E-state index contributed by atoms with van der Waals surface area (Å²) in [5.41, 5.74) is -1.66. The third-order valence-electron chi connectivity index (χ3n) is 4.51. The third-order valence-corrected chi connectivity index (χ3v) is 5.89. The monoisotopic (exact) mass is 501 g/mol. The summed E-state index contributed by atoms with van der Waals surface area (Å²) in [6.07, 6.45) is 0. The van der Waals surface area contributed by atoms with Gasteiger partial charge in [0.1, 0.15) is 5.75 Å². The van der Waals surface area contributed by atoms with E-state index in [4.69, 9.17) is 9.84 Å². The fourth-order valence-corrected chi connectivity index (χ4v) is 3.91. The number of anilines is 1. The molecule has 0 spiro atoms. The summed E-state index contributed by atoms with van der Waals surface area (Å²) in [4.78, 5) is 44.7. The molecule has 0 amide bonds. The molecule has 5 N–H and O–H groups in total. The van der Waals surface area contributed by atoms with Gasteiger partial charge in [0, 0.05) is 0 Å². The van der Waals surface area contributed by atoms with Gasteiger partial charge in [-0.05, 0) is 60.7 Å². The van der Waals surface area contributed by atoms with E-state index in [1.165, 1.54) is 0 Å². The molecule has 0 aliphatic rings. The number of carboxylic acids is 4. The number of sulfonamides is 1. The Balaban J connectivity index is 2.05. The van der Waals surface area contributed by atoms with Gasteiger partial charge in [0.2, 0.25) is 0 Å². The van der Waals surface area contributed by atoms with E-state index < -0.39 is 45.0 Å². The van der Waals surface area contributed by atoms with Gasteiger partial charge in [0.15, 0.2) is 5.75 Å². The predicted octanol–water partition coefficient (Wildman–Crippen LogP) is 3.07. The van der Waals surface area contributed by atoms with Gasteiger partial charge in [-0.1, -0.05) is 0 Å². The highest BCUT2D eigenvalue weighted by Crippen LogP contribution is 2.33.